The van der Waals surface area contributed by atoms with Crippen LogP contribution in [0.15, 0.2) is 67.1 Å². The maximum absolute atomic E-state index is 12.2. The van der Waals surface area contributed by atoms with Crippen molar-refractivity contribution in [1.82, 2.24) is 15.3 Å². The van der Waals surface area contributed by atoms with Crippen LogP contribution in [0.3, 0.4) is 0 Å². The highest BCUT2D eigenvalue weighted by molar-refractivity contribution is 6.30. The number of carbonyl (C=O) groups is 1. The van der Waals surface area contributed by atoms with Crippen molar-refractivity contribution >= 4 is 23.3 Å². The molecule has 2 aromatic heterocycles. The van der Waals surface area contributed by atoms with Gasteiger partial charge in [0, 0.05) is 36.7 Å². The number of hydrogen-bond acceptors (Lipinski definition) is 4. The number of anilines is 1. The van der Waals surface area contributed by atoms with Crippen LogP contribution in [-0.4, -0.2) is 22.4 Å². The molecule has 0 atom stereocenters. The fourth-order valence-electron chi connectivity index (χ4n) is 2.45. The lowest BCUT2D eigenvalue weighted by atomic mass is 10.1. The van der Waals surface area contributed by atoms with Crippen molar-refractivity contribution < 1.29 is 4.79 Å². The average Bonchev–Trinajstić information content (AvgIpc) is 2.67. The summed E-state index contributed by atoms with van der Waals surface area (Å²) in [4.78, 5) is 20.4. The normalized spacial score (nSPS) is 10.3. The minimum Gasteiger partial charge on any atom is -0.370 e. The van der Waals surface area contributed by atoms with Crippen molar-refractivity contribution in [3.8, 4) is 0 Å². The SMILES string of the molecule is O=C(NCc1ccncc1)c1ccc(NCCc2cccc(Cl)c2)nc1. The molecule has 26 heavy (non-hydrogen) atoms. The van der Waals surface area contributed by atoms with Gasteiger partial charge in [0.2, 0.25) is 0 Å². The highest BCUT2D eigenvalue weighted by Crippen LogP contribution is 2.11. The van der Waals surface area contributed by atoms with Gasteiger partial charge in [-0.1, -0.05) is 23.7 Å². The minimum atomic E-state index is -0.153. The van der Waals surface area contributed by atoms with Crippen molar-refractivity contribution in [2.75, 3.05) is 11.9 Å². The molecule has 2 N–H and O–H groups in total. The monoisotopic (exact) mass is 366 g/mol. The van der Waals surface area contributed by atoms with Gasteiger partial charge < -0.3 is 10.6 Å². The summed E-state index contributed by atoms with van der Waals surface area (Å²) in [6.07, 6.45) is 5.82. The first-order valence-electron chi connectivity index (χ1n) is 8.32. The summed E-state index contributed by atoms with van der Waals surface area (Å²) in [5.41, 5.74) is 2.69. The van der Waals surface area contributed by atoms with Crippen molar-refractivity contribution in [1.29, 1.82) is 0 Å². The number of pyridine rings is 2. The molecular weight excluding hydrogens is 348 g/mol. The van der Waals surface area contributed by atoms with E-state index in [-0.39, 0.29) is 5.91 Å². The Balaban J connectivity index is 1.47. The van der Waals surface area contributed by atoms with Gasteiger partial charge in [0.05, 0.1) is 5.56 Å². The van der Waals surface area contributed by atoms with Crippen LogP contribution in [0.25, 0.3) is 0 Å². The molecule has 3 aromatic rings. The molecule has 0 fully saturated rings. The lowest BCUT2D eigenvalue weighted by molar-refractivity contribution is 0.0950. The fraction of sp³-hybridized carbons (Fsp3) is 0.150. The number of hydrogen-bond donors (Lipinski definition) is 2. The second kappa shape index (κ2) is 8.97. The Kier molecular flexibility index (Phi) is 6.17. The highest BCUT2D eigenvalue weighted by Gasteiger charge is 2.06. The van der Waals surface area contributed by atoms with E-state index in [9.17, 15) is 4.79 Å². The second-order valence-corrected chi connectivity index (χ2v) is 6.21. The molecule has 0 aliphatic rings. The first-order chi connectivity index (χ1) is 12.7. The van der Waals surface area contributed by atoms with Crippen LogP contribution in [0.1, 0.15) is 21.5 Å². The number of rotatable bonds is 7. The van der Waals surface area contributed by atoms with E-state index in [1.165, 1.54) is 0 Å². The number of halogens is 1. The van der Waals surface area contributed by atoms with Crippen molar-refractivity contribution in [3.05, 3.63) is 88.8 Å². The van der Waals surface area contributed by atoms with E-state index in [1.807, 2.05) is 36.4 Å². The summed E-state index contributed by atoms with van der Waals surface area (Å²) < 4.78 is 0. The Bertz CT molecular complexity index is 853. The van der Waals surface area contributed by atoms with Gasteiger partial charge in [0.25, 0.3) is 5.91 Å². The summed E-state index contributed by atoms with van der Waals surface area (Å²) in [5, 5.41) is 6.85. The molecule has 0 saturated heterocycles. The lowest BCUT2D eigenvalue weighted by Crippen LogP contribution is -2.23. The molecule has 0 saturated carbocycles. The highest BCUT2D eigenvalue weighted by atomic mass is 35.5. The van der Waals surface area contributed by atoms with E-state index >= 15 is 0 Å². The van der Waals surface area contributed by atoms with E-state index in [4.69, 9.17) is 11.6 Å². The second-order valence-electron chi connectivity index (χ2n) is 5.78. The first-order valence-corrected chi connectivity index (χ1v) is 8.70. The van der Waals surface area contributed by atoms with Gasteiger partial charge in [0.15, 0.2) is 0 Å². The third-order valence-corrected chi connectivity index (χ3v) is 4.07. The summed E-state index contributed by atoms with van der Waals surface area (Å²) in [6.45, 7) is 1.20. The fourth-order valence-corrected chi connectivity index (χ4v) is 2.66. The molecule has 1 amide bonds. The molecule has 0 bridgehead atoms. The van der Waals surface area contributed by atoms with Crippen LogP contribution in [0.5, 0.6) is 0 Å². The van der Waals surface area contributed by atoms with E-state index in [2.05, 4.69) is 20.6 Å². The zero-order chi connectivity index (χ0) is 18.2. The Morgan fingerprint density at radius 3 is 2.62 bits per heavy atom. The quantitative estimate of drug-likeness (QED) is 0.668. The van der Waals surface area contributed by atoms with Gasteiger partial charge in [-0.25, -0.2) is 4.98 Å². The minimum absolute atomic E-state index is 0.153. The third-order valence-electron chi connectivity index (χ3n) is 3.84. The van der Waals surface area contributed by atoms with Crippen molar-refractivity contribution in [2.45, 2.75) is 13.0 Å². The molecule has 5 nitrogen and oxygen atoms in total. The molecule has 0 aliphatic carbocycles. The van der Waals surface area contributed by atoms with Crippen LogP contribution < -0.4 is 10.6 Å². The predicted octanol–water partition coefficient (Wildman–Crippen LogP) is 3.71. The van der Waals surface area contributed by atoms with Gasteiger partial charge >= 0.3 is 0 Å². The maximum Gasteiger partial charge on any atom is 0.253 e. The lowest BCUT2D eigenvalue weighted by Gasteiger charge is -2.08. The van der Waals surface area contributed by atoms with Gasteiger partial charge in [-0.15, -0.1) is 0 Å². The summed E-state index contributed by atoms with van der Waals surface area (Å²) >= 11 is 5.98. The molecule has 0 spiro atoms. The number of amides is 1. The van der Waals surface area contributed by atoms with E-state index in [0.717, 1.165) is 34.9 Å². The number of nitrogens with zero attached hydrogens (tertiary/aromatic N) is 2. The Labute approximate surface area is 157 Å². The molecular formula is C20H19ClN4O. The number of nitrogens with one attached hydrogen (secondary N) is 2. The van der Waals surface area contributed by atoms with E-state index < -0.39 is 0 Å². The number of aromatic nitrogens is 2. The van der Waals surface area contributed by atoms with Crippen molar-refractivity contribution in [2.24, 2.45) is 0 Å². The molecule has 2 heterocycles. The van der Waals surface area contributed by atoms with E-state index in [0.29, 0.717) is 12.1 Å². The molecule has 0 radical (unpaired) electrons. The number of carbonyl (C=O) groups excluding carboxylic acids is 1. The molecule has 132 valence electrons. The van der Waals surface area contributed by atoms with Gasteiger partial charge in [-0.05, 0) is 53.9 Å². The summed E-state index contributed by atoms with van der Waals surface area (Å²) in [5.74, 6) is 0.581. The number of benzene rings is 1. The third kappa shape index (κ3) is 5.29. The zero-order valence-electron chi connectivity index (χ0n) is 14.2. The van der Waals surface area contributed by atoms with Crippen LogP contribution >= 0.6 is 11.6 Å². The molecule has 3 rings (SSSR count). The summed E-state index contributed by atoms with van der Waals surface area (Å²) in [6, 6.07) is 15.1. The van der Waals surface area contributed by atoms with Gasteiger partial charge in [-0.2, -0.15) is 0 Å². The van der Waals surface area contributed by atoms with Crippen LogP contribution in [0.4, 0.5) is 5.82 Å². The topological polar surface area (TPSA) is 66.9 Å². The Morgan fingerprint density at radius 1 is 1.04 bits per heavy atom. The van der Waals surface area contributed by atoms with Gasteiger partial charge in [0.1, 0.15) is 5.82 Å². The van der Waals surface area contributed by atoms with Crippen LogP contribution in [0, 0.1) is 0 Å². The van der Waals surface area contributed by atoms with Crippen molar-refractivity contribution in [3.63, 3.8) is 0 Å². The van der Waals surface area contributed by atoms with Gasteiger partial charge in [-0.3, -0.25) is 9.78 Å². The predicted molar refractivity (Wildman–Crippen MR) is 103 cm³/mol. The van der Waals surface area contributed by atoms with E-state index in [1.54, 1.807) is 30.7 Å². The molecule has 0 unspecified atom stereocenters. The molecule has 6 heteroatoms. The largest absolute Gasteiger partial charge is 0.370 e. The zero-order valence-corrected chi connectivity index (χ0v) is 14.9. The smallest absolute Gasteiger partial charge is 0.253 e. The van der Waals surface area contributed by atoms with Crippen LogP contribution in [-0.2, 0) is 13.0 Å². The molecule has 0 aliphatic heterocycles. The standard InChI is InChI=1S/C20H19ClN4O/c21-18-3-1-2-15(12-18)8-11-23-19-5-4-17(14-24-19)20(26)25-13-16-6-9-22-10-7-16/h1-7,9-10,12,14H,8,11,13H2,(H,23,24)(H,25,26). The Morgan fingerprint density at radius 2 is 1.88 bits per heavy atom. The molecule has 1 aromatic carbocycles. The summed E-state index contributed by atoms with van der Waals surface area (Å²) in [7, 11) is 0. The Hall–Kier alpha value is -2.92. The maximum atomic E-state index is 12.2. The first kappa shape index (κ1) is 17.9. The average molecular weight is 367 g/mol. The van der Waals surface area contributed by atoms with Crippen LogP contribution in [0.2, 0.25) is 5.02 Å².